The molecule has 0 spiro atoms. The minimum Gasteiger partial charge on any atom is -0.497 e. The van der Waals surface area contributed by atoms with Gasteiger partial charge in [-0.15, -0.1) is 0 Å². The number of amides is 4. The molecule has 2 N–H and O–H groups in total. The Morgan fingerprint density at radius 3 is 2.38 bits per heavy atom. The number of carbonyl (C=O) groups is 3. The van der Waals surface area contributed by atoms with Crippen LogP contribution in [0.5, 0.6) is 5.75 Å². The summed E-state index contributed by atoms with van der Waals surface area (Å²) in [5, 5.41) is 5.52. The fourth-order valence-electron chi connectivity index (χ4n) is 3.91. The number of benzene rings is 2. The first-order valence-electron chi connectivity index (χ1n) is 11.7. The zero-order valence-electron chi connectivity index (χ0n) is 20.2. The standard InChI is InChI=1S/C26H34N4O4/c1-19(2)27-26(33)28-22-7-4-6-21(18-22)25(32)30-15-5-14-29(16-17-30)24(31)13-10-20-8-11-23(34-3)12-9-20/h4,6-9,11-12,18-19H,5,10,13-17H2,1-3H3,(H2,27,28,33). The molecule has 8 heteroatoms. The number of carbonyl (C=O) groups excluding carboxylic acids is 3. The topological polar surface area (TPSA) is 91.0 Å². The maximum Gasteiger partial charge on any atom is 0.319 e. The van der Waals surface area contributed by atoms with Crippen molar-refractivity contribution in [2.45, 2.75) is 39.2 Å². The molecule has 1 aliphatic rings. The van der Waals surface area contributed by atoms with Crippen LogP contribution in [-0.2, 0) is 11.2 Å². The van der Waals surface area contributed by atoms with Gasteiger partial charge in [-0.25, -0.2) is 4.79 Å². The van der Waals surface area contributed by atoms with Crippen LogP contribution >= 0.6 is 0 Å². The van der Waals surface area contributed by atoms with Gasteiger partial charge in [-0.3, -0.25) is 9.59 Å². The fraction of sp³-hybridized carbons (Fsp3) is 0.423. The molecule has 182 valence electrons. The summed E-state index contributed by atoms with van der Waals surface area (Å²) in [6.07, 6.45) is 1.84. The largest absolute Gasteiger partial charge is 0.497 e. The van der Waals surface area contributed by atoms with E-state index in [9.17, 15) is 14.4 Å². The minimum absolute atomic E-state index is 0.0174. The van der Waals surface area contributed by atoms with Crippen molar-refractivity contribution in [2.24, 2.45) is 0 Å². The van der Waals surface area contributed by atoms with Crippen molar-refractivity contribution >= 4 is 23.5 Å². The average molecular weight is 467 g/mol. The predicted octanol–water partition coefficient (Wildman–Crippen LogP) is 3.53. The first-order valence-corrected chi connectivity index (χ1v) is 11.7. The van der Waals surface area contributed by atoms with Crippen LogP contribution in [0.25, 0.3) is 0 Å². The molecule has 0 unspecified atom stereocenters. The van der Waals surface area contributed by atoms with Crippen molar-refractivity contribution in [3.8, 4) is 5.75 Å². The van der Waals surface area contributed by atoms with E-state index in [4.69, 9.17) is 4.74 Å². The third kappa shape index (κ3) is 7.23. The fourth-order valence-corrected chi connectivity index (χ4v) is 3.91. The van der Waals surface area contributed by atoms with Crippen LogP contribution in [0.3, 0.4) is 0 Å². The van der Waals surface area contributed by atoms with Crippen molar-refractivity contribution in [1.82, 2.24) is 15.1 Å². The summed E-state index contributed by atoms with van der Waals surface area (Å²) < 4.78 is 5.17. The van der Waals surface area contributed by atoms with Gasteiger partial charge in [0, 0.05) is 49.9 Å². The lowest BCUT2D eigenvalue weighted by molar-refractivity contribution is -0.131. The van der Waals surface area contributed by atoms with E-state index in [2.05, 4.69) is 10.6 Å². The molecule has 0 aliphatic carbocycles. The molecule has 2 aromatic rings. The number of nitrogens with one attached hydrogen (secondary N) is 2. The van der Waals surface area contributed by atoms with Gasteiger partial charge in [0.05, 0.1) is 7.11 Å². The molecule has 8 nitrogen and oxygen atoms in total. The zero-order valence-corrected chi connectivity index (χ0v) is 20.2. The molecule has 1 fully saturated rings. The molecule has 1 aliphatic heterocycles. The highest BCUT2D eigenvalue weighted by Gasteiger charge is 2.23. The number of methoxy groups -OCH3 is 1. The molecule has 3 rings (SSSR count). The van der Waals surface area contributed by atoms with Crippen molar-refractivity contribution in [1.29, 1.82) is 0 Å². The second-order valence-electron chi connectivity index (χ2n) is 8.71. The number of hydrogen-bond donors (Lipinski definition) is 2. The molecular weight excluding hydrogens is 432 g/mol. The summed E-state index contributed by atoms with van der Waals surface area (Å²) >= 11 is 0. The van der Waals surface area contributed by atoms with Gasteiger partial charge in [-0.2, -0.15) is 0 Å². The number of rotatable bonds is 7. The summed E-state index contributed by atoms with van der Waals surface area (Å²) in [6.45, 7) is 5.99. The lowest BCUT2D eigenvalue weighted by Gasteiger charge is -2.22. The van der Waals surface area contributed by atoms with Crippen LogP contribution in [0, 0.1) is 0 Å². The molecular formula is C26H34N4O4. The number of nitrogens with zero attached hydrogens (tertiary/aromatic N) is 2. The van der Waals surface area contributed by atoms with E-state index < -0.39 is 0 Å². The summed E-state index contributed by atoms with van der Waals surface area (Å²) in [7, 11) is 1.63. The third-order valence-corrected chi connectivity index (χ3v) is 5.71. The highest BCUT2D eigenvalue weighted by Crippen LogP contribution is 2.16. The Kier molecular flexibility index (Phi) is 8.90. The van der Waals surface area contributed by atoms with Gasteiger partial charge in [0.15, 0.2) is 0 Å². The maximum absolute atomic E-state index is 13.1. The number of urea groups is 1. The SMILES string of the molecule is COc1ccc(CCC(=O)N2CCCN(C(=O)c3cccc(NC(=O)NC(C)C)c3)CC2)cc1. The normalized spacial score (nSPS) is 13.9. The molecule has 1 heterocycles. The van der Waals surface area contributed by atoms with E-state index in [-0.39, 0.29) is 23.9 Å². The van der Waals surface area contributed by atoms with Gasteiger partial charge < -0.3 is 25.2 Å². The van der Waals surface area contributed by atoms with Crippen molar-refractivity contribution in [3.63, 3.8) is 0 Å². The summed E-state index contributed by atoms with van der Waals surface area (Å²) in [6, 6.07) is 14.4. The molecule has 2 aromatic carbocycles. The minimum atomic E-state index is -0.307. The van der Waals surface area contributed by atoms with Crippen LogP contribution in [0.4, 0.5) is 10.5 Å². The van der Waals surface area contributed by atoms with Crippen molar-refractivity contribution < 1.29 is 19.1 Å². The summed E-state index contributed by atoms with van der Waals surface area (Å²) in [5.74, 6) is 0.806. The monoisotopic (exact) mass is 466 g/mol. The van der Waals surface area contributed by atoms with Crippen molar-refractivity contribution in [2.75, 3.05) is 38.6 Å². The second-order valence-corrected chi connectivity index (χ2v) is 8.71. The van der Waals surface area contributed by atoms with E-state index in [1.165, 1.54) is 0 Å². The first-order chi connectivity index (χ1) is 16.4. The smallest absolute Gasteiger partial charge is 0.319 e. The van der Waals surface area contributed by atoms with Crippen LogP contribution < -0.4 is 15.4 Å². The van der Waals surface area contributed by atoms with Crippen LogP contribution in [0.2, 0.25) is 0 Å². The van der Waals surface area contributed by atoms with Gasteiger partial charge in [0.25, 0.3) is 5.91 Å². The summed E-state index contributed by atoms with van der Waals surface area (Å²) in [5.41, 5.74) is 2.17. The second kappa shape index (κ2) is 12.1. The Hall–Kier alpha value is -3.55. The number of hydrogen-bond acceptors (Lipinski definition) is 4. The Morgan fingerprint density at radius 1 is 0.971 bits per heavy atom. The first kappa shape index (κ1) is 25.1. The van der Waals surface area contributed by atoms with Gasteiger partial charge in [-0.05, 0) is 62.6 Å². The number of anilines is 1. The Morgan fingerprint density at radius 2 is 1.68 bits per heavy atom. The Balaban J connectivity index is 1.53. The van der Waals surface area contributed by atoms with Gasteiger partial charge in [0.1, 0.15) is 5.75 Å². The van der Waals surface area contributed by atoms with Crippen molar-refractivity contribution in [3.05, 3.63) is 59.7 Å². The molecule has 0 saturated carbocycles. The molecule has 0 aromatic heterocycles. The lowest BCUT2D eigenvalue weighted by atomic mass is 10.1. The highest BCUT2D eigenvalue weighted by atomic mass is 16.5. The predicted molar refractivity (Wildman–Crippen MR) is 132 cm³/mol. The van der Waals surface area contributed by atoms with Crippen LogP contribution in [0.1, 0.15) is 42.6 Å². The third-order valence-electron chi connectivity index (χ3n) is 5.71. The maximum atomic E-state index is 13.1. The van der Waals surface area contributed by atoms with E-state index in [1.807, 2.05) is 43.0 Å². The molecule has 1 saturated heterocycles. The summed E-state index contributed by atoms with van der Waals surface area (Å²) in [4.78, 5) is 41.5. The lowest BCUT2D eigenvalue weighted by Crippen LogP contribution is -2.37. The van der Waals surface area contributed by atoms with Gasteiger partial charge in [0.2, 0.25) is 5.91 Å². The van der Waals surface area contributed by atoms with Crippen LogP contribution in [0.15, 0.2) is 48.5 Å². The molecule has 34 heavy (non-hydrogen) atoms. The molecule has 0 atom stereocenters. The number of aryl methyl sites for hydroxylation is 1. The van der Waals surface area contributed by atoms with Crippen LogP contribution in [-0.4, -0.2) is 67.0 Å². The average Bonchev–Trinajstić information content (AvgIpc) is 3.08. The number of ether oxygens (including phenoxy) is 1. The van der Waals surface area contributed by atoms with Gasteiger partial charge in [-0.1, -0.05) is 18.2 Å². The molecule has 0 radical (unpaired) electrons. The van der Waals surface area contributed by atoms with E-state index in [0.717, 1.165) is 17.7 Å². The molecule has 0 bridgehead atoms. The van der Waals surface area contributed by atoms with E-state index in [0.29, 0.717) is 50.3 Å². The zero-order chi connectivity index (χ0) is 24.5. The Labute approximate surface area is 201 Å². The quantitative estimate of drug-likeness (QED) is 0.653. The Bertz CT molecular complexity index is 991. The van der Waals surface area contributed by atoms with E-state index >= 15 is 0 Å². The highest BCUT2D eigenvalue weighted by molar-refractivity contribution is 5.97. The van der Waals surface area contributed by atoms with E-state index in [1.54, 1.807) is 36.3 Å². The van der Waals surface area contributed by atoms with Gasteiger partial charge >= 0.3 is 6.03 Å². The molecule has 4 amide bonds.